The summed E-state index contributed by atoms with van der Waals surface area (Å²) in [4.78, 5) is 4.85. The van der Waals surface area contributed by atoms with Crippen LogP contribution in [-0.4, -0.2) is 14.6 Å². The first-order valence-corrected chi connectivity index (χ1v) is 7.74. The maximum absolute atomic E-state index is 13.9. The molecule has 0 N–H and O–H groups in total. The summed E-state index contributed by atoms with van der Waals surface area (Å²) in [5.41, 5.74) is 0.263. The Kier molecular flexibility index (Phi) is 2.94. The smallest absolute Gasteiger partial charge is 0.214 e. The van der Waals surface area contributed by atoms with E-state index in [9.17, 15) is 14.0 Å². The summed E-state index contributed by atoms with van der Waals surface area (Å²) in [6.07, 6.45) is 3.39. The average molecular weight is 316 g/mol. The maximum atomic E-state index is 13.9. The highest BCUT2D eigenvalue weighted by Crippen LogP contribution is 2.39. The lowest BCUT2D eigenvalue weighted by molar-refractivity contribution is 0.415. The third-order valence-electron chi connectivity index (χ3n) is 3.96. The molecule has 0 unspecified atom stereocenters. The zero-order valence-electron chi connectivity index (χ0n) is 11.4. The molecule has 1 aliphatic rings. The van der Waals surface area contributed by atoms with E-state index < -0.39 is 11.6 Å². The van der Waals surface area contributed by atoms with Crippen LogP contribution in [0.15, 0.2) is 18.2 Å². The van der Waals surface area contributed by atoms with E-state index in [-0.39, 0.29) is 17.0 Å². The van der Waals surface area contributed by atoms with Crippen molar-refractivity contribution in [3.05, 3.63) is 40.5 Å². The quantitative estimate of drug-likeness (QED) is 0.721. The van der Waals surface area contributed by atoms with Gasteiger partial charge < -0.3 is 0 Å². The SMILES string of the molecule is N#Cc1c(-c2cc(F)ccc2F)nc2sc(C3CCC3)nn12. The van der Waals surface area contributed by atoms with Crippen molar-refractivity contribution in [3.8, 4) is 17.3 Å². The normalized spacial score (nSPS) is 15.0. The summed E-state index contributed by atoms with van der Waals surface area (Å²) in [7, 11) is 0. The van der Waals surface area contributed by atoms with Crippen LogP contribution in [-0.2, 0) is 0 Å². The van der Waals surface area contributed by atoms with Crippen molar-refractivity contribution >= 4 is 16.3 Å². The van der Waals surface area contributed by atoms with Crippen molar-refractivity contribution in [2.75, 3.05) is 0 Å². The number of halogens is 2. The molecule has 0 radical (unpaired) electrons. The summed E-state index contributed by atoms with van der Waals surface area (Å²) in [5, 5.41) is 14.8. The third-order valence-corrected chi connectivity index (χ3v) is 5.03. The molecule has 2 aromatic heterocycles. The van der Waals surface area contributed by atoms with Gasteiger partial charge in [0.25, 0.3) is 0 Å². The van der Waals surface area contributed by atoms with Crippen LogP contribution < -0.4 is 0 Å². The number of rotatable bonds is 2. The Morgan fingerprint density at radius 2 is 2.14 bits per heavy atom. The Bertz CT molecular complexity index is 918. The predicted molar refractivity (Wildman–Crippen MR) is 77.5 cm³/mol. The van der Waals surface area contributed by atoms with E-state index in [1.165, 1.54) is 22.3 Å². The van der Waals surface area contributed by atoms with Crippen molar-refractivity contribution in [1.29, 1.82) is 5.26 Å². The van der Waals surface area contributed by atoms with E-state index >= 15 is 0 Å². The van der Waals surface area contributed by atoms with E-state index in [1.807, 2.05) is 6.07 Å². The minimum atomic E-state index is -0.608. The Morgan fingerprint density at radius 3 is 2.82 bits per heavy atom. The molecular formula is C15H10F2N4S. The number of fused-ring (bicyclic) bond motifs is 1. The fourth-order valence-corrected chi connectivity index (χ4v) is 3.62. The lowest BCUT2D eigenvalue weighted by atomic mass is 9.86. The van der Waals surface area contributed by atoms with Gasteiger partial charge in [-0.05, 0) is 31.0 Å². The zero-order chi connectivity index (χ0) is 15.3. The molecule has 0 aliphatic heterocycles. The number of aromatic nitrogens is 3. The zero-order valence-corrected chi connectivity index (χ0v) is 12.2. The summed E-state index contributed by atoms with van der Waals surface area (Å²) in [6.45, 7) is 0. The lowest BCUT2D eigenvalue weighted by Crippen LogP contribution is -2.08. The van der Waals surface area contributed by atoms with Gasteiger partial charge in [-0.15, -0.1) is 0 Å². The average Bonchev–Trinajstić information content (AvgIpc) is 2.96. The molecule has 0 atom stereocenters. The van der Waals surface area contributed by atoms with Gasteiger partial charge in [0.05, 0.1) is 0 Å². The van der Waals surface area contributed by atoms with E-state index in [4.69, 9.17) is 0 Å². The molecular weight excluding hydrogens is 306 g/mol. The Morgan fingerprint density at radius 1 is 1.32 bits per heavy atom. The number of hydrogen-bond donors (Lipinski definition) is 0. The number of imidazole rings is 1. The molecule has 22 heavy (non-hydrogen) atoms. The summed E-state index contributed by atoms with van der Waals surface area (Å²) < 4.78 is 28.8. The van der Waals surface area contributed by atoms with Gasteiger partial charge in [0.15, 0.2) is 5.69 Å². The van der Waals surface area contributed by atoms with Gasteiger partial charge >= 0.3 is 0 Å². The maximum Gasteiger partial charge on any atom is 0.214 e. The minimum absolute atomic E-state index is 0.0144. The van der Waals surface area contributed by atoms with E-state index in [0.29, 0.717) is 10.9 Å². The Hall–Kier alpha value is -2.33. The molecule has 0 spiro atoms. The molecule has 4 rings (SSSR count). The molecule has 4 nitrogen and oxygen atoms in total. The molecule has 3 aromatic rings. The number of hydrogen-bond acceptors (Lipinski definition) is 4. The second kappa shape index (κ2) is 4.85. The first-order chi connectivity index (χ1) is 10.7. The number of benzene rings is 1. The van der Waals surface area contributed by atoms with Crippen molar-refractivity contribution < 1.29 is 8.78 Å². The molecule has 110 valence electrons. The number of nitrogens with zero attached hydrogens (tertiary/aromatic N) is 4. The summed E-state index contributed by atoms with van der Waals surface area (Å²) in [6, 6.07) is 5.13. The predicted octanol–water partition coefficient (Wildman–Crippen LogP) is 3.88. The Balaban J connectivity index is 1.89. The van der Waals surface area contributed by atoms with Gasteiger partial charge in [0.2, 0.25) is 4.96 Å². The van der Waals surface area contributed by atoms with Crippen LogP contribution in [0.1, 0.15) is 35.9 Å². The van der Waals surface area contributed by atoms with Crippen molar-refractivity contribution in [2.24, 2.45) is 0 Å². The monoisotopic (exact) mass is 316 g/mol. The Labute approximate surface area is 128 Å². The van der Waals surface area contributed by atoms with Crippen LogP contribution in [0.4, 0.5) is 8.78 Å². The fourth-order valence-electron chi connectivity index (χ4n) is 2.55. The largest absolute Gasteiger partial charge is 0.216 e. The molecule has 0 bridgehead atoms. The van der Waals surface area contributed by atoms with E-state index in [2.05, 4.69) is 10.1 Å². The molecule has 1 fully saturated rings. The standard InChI is InChI=1S/C15H10F2N4S/c16-9-4-5-11(17)10(6-9)13-12(7-18)21-15(19-13)22-14(20-21)8-2-1-3-8/h4-6,8H,1-3H2. The molecule has 0 amide bonds. The number of nitriles is 1. The fraction of sp³-hybridized carbons (Fsp3) is 0.267. The molecule has 1 aromatic carbocycles. The van der Waals surface area contributed by atoms with Crippen molar-refractivity contribution in [2.45, 2.75) is 25.2 Å². The van der Waals surface area contributed by atoms with Gasteiger partial charge in [-0.25, -0.2) is 13.8 Å². The van der Waals surface area contributed by atoms with Crippen LogP contribution >= 0.6 is 11.3 Å². The van der Waals surface area contributed by atoms with Crippen molar-refractivity contribution in [3.63, 3.8) is 0 Å². The van der Waals surface area contributed by atoms with Gasteiger partial charge in [-0.3, -0.25) is 0 Å². The summed E-state index contributed by atoms with van der Waals surface area (Å²) >= 11 is 1.41. The first kappa shape index (κ1) is 13.3. The second-order valence-corrected chi connectivity index (χ2v) is 6.30. The second-order valence-electron chi connectivity index (χ2n) is 5.31. The van der Waals surface area contributed by atoms with Crippen molar-refractivity contribution in [1.82, 2.24) is 14.6 Å². The molecule has 2 heterocycles. The van der Waals surface area contributed by atoms with Gasteiger partial charge in [0, 0.05) is 11.5 Å². The van der Waals surface area contributed by atoms with Crippen LogP contribution in [0.2, 0.25) is 0 Å². The van der Waals surface area contributed by atoms with Crippen LogP contribution in [0.5, 0.6) is 0 Å². The summed E-state index contributed by atoms with van der Waals surface area (Å²) in [5.74, 6) is -0.741. The highest BCUT2D eigenvalue weighted by molar-refractivity contribution is 7.16. The minimum Gasteiger partial charge on any atom is -0.216 e. The van der Waals surface area contributed by atoms with Crippen LogP contribution in [0, 0.1) is 23.0 Å². The van der Waals surface area contributed by atoms with Crippen LogP contribution in [0.25, 0.3) is 16.2 Å². The first-order valence-electron chi connectivity index (χ1n) is 6.92. The van der Waals surface area contributed by atoms with Gasteiger partial charge in [-0.2, -0.15) is 14.9 Å². The van der Waals surface area contributed by atoms with Gasteiger partial charge in [0.1, 0.15) is 28.4 Å². The van der Waals surface area contributed by atoms with E-state index in [1.54, 1.807) is 0 Å². The molecule has 7 heteroatoms. The molecule has 1 aliphatic carbocycles. The molecule has 0 saturated heterocycles. The highest BCUT2D eigenvalue weighted by atomic mass is 32.1. The van der Waals surface area contributed by atoms with Gasteiger partial charge in [-0.1, -0.05) is 17.8 Å². The lowest BCUT2D eigenvalue weighted by Gasteiger charge is -2.21. The van der Waals surface area contributed by atoms with Crippen LogP contribution in [0.3, 0.4) is 0 Å². The third kappa shape index (κ3) is 1.91. The molecule has 1 saturated carbocycles. The van der Waals surface area contributed by atoms with E-state index in [0.717, 1.165) is 36.0 Å². The topological polar surface area (TPSA) is 54.0 Å². The highest BCUT2D eigenvalue weighted by Gasteiger charge is 2.26.